The Kier molecular flexibility index (Phi) is 6.12. The van der Waals surface area contributed by atoms with E-state index in [9.17, 15) is 14.4 Å². The van der Waals surface area contributed by atoms with E-state index in [1.807, 2.05) is 24.3 Å². The Hall–Kier alpha value is -2.17. The average Bonchev–Trinajstić information content (AvgIpc) is 3.02. The van der Waals surface area contributed by atoms with Crippen LogP contribution in [0.3, 0.4) is 0 Å². The van der Waals surface area contributed by atoms with Crippen LogP contribution < -0.4 is 0 Å². The van der Waals surface area contributed by atoms with Gasteiger partial charge in [-0.15, -0.1) is 0 Å². The Morgan fingerprint density at radius 3 is 2.38 bits per heavy atom. The van der Waals surface area contributed by atoms with Gasteiger partial charge in [0.15, 0.2) is 5.78 Å². The molecule has 0 aliphatic carbocycles. The molecule has 1 fully saturated rings. The van der Waals surface area contributed by atoms with Crippen LogP contribution in [-0.4, -0.2) is 40.8 Å². The quantitative estimate of drug-likeness (QED) is 0.780. The number of likely N-dealkylation sites (tertiary alicyclic amines) is 1. The summed E-state index contributed by atoms with van der Waals surface area (Å²) in [5, 5.41) is 8.96. The van der Waals surface area contributed by atoms with Crippen molar-refractivity contribution in [2.45, 2.75) is 39.5 Å². The Balaban J connectivity index is 1.82. The van der Waals surface area contributed by atoms with Gasteiger partial charge in [0.25, 0.3) is 0 Å². The fraction of sp³-hybridized carbons (Fsp3) is 0.526. The molecule has 0 aromatic heterocycles. The molecule has 1 aliphatic rings. The molecule has 130 valence electrons. The number of benzene rings is 1. The predicted octanol–water partition coefficient (Wildman–Crippen LogP) is 2.78. The first-order valence-electron chi connectivity index (χ1n) is 8.49. The number of amides is 1. The molecule has 1 unspecified atom stereocenters. The van der Waals surface area contributed by atoms with Crippen LogP contribution in [0, 0.1) is 11.8 Å². The molecule has 2 rings (SSSR count). The molecule has 0 radical (unpaired) electrons. The second-order valence-corrected chi connectivity index (χ2v) is 6.88. The lowest BCUT2D eigenvalue weighted by Crippen LogP contribution is -2.30. The number of hydrogen-bond donors (Lipinski definition) is 1. The summed E-state index contributed by atoms with van der Waals surface area (Å²) in [6, 6.07) is 7.57. The zero-order valence-electron chi connectivity index (χ0n) is 14.3. The summed E-state index contributed by atoms with van der Waals surface area (Å²) in [4.78, 5) is 36.8. The van der Waals surface area contributed by atoms with Gasteiger partial charge in [-0.1, -0.05) is 38.1 Å². The number of carbonyl (C=O) groups excluding carboxylic acids is 2. The zero-order valence-corrected chi connectivity index (χ0v) is 14.3. The third kappa shape index (κ3) is 4.91. The Morgan fingerprint density at radius 1 is 1.17 bits per heavy atom. The van der Waals surface area contributed by atoms with Gasteiger partial charge in [-0.2, -0.15) is 0 Å². The lowest BCUT2D eigenvalue weighted by molar-refractivity contribution is -0.141. The largest absolute Gasteiger partial charge is 0.481 e. The molecule has 1 aromatic rings. The number of nitrogens with zero attached hydrogens (tertiary/aromatic N) is 1. The lowest BCUT2D eigenvalue weighted by atomic mass is 9.99. The molecule has 24 heavy (non-hydrogen) atoms. The smallest absolute Gasteiger partial charge is 0.308 e. The normalized spacial score (nSPS) is 17.3. The predicted molar refractivity (Wildman–Crippen MR) is 90.9 cm³/mol. The summed E-state index contributed by atoms with van der Waals surface area (Å²) in [5.41, 5.74) is 1.83. The van der Waals surface area contributed by atoms with Crippen molar-refractivity contribution in [2.24, 2.45) is 11.8 Å². The van der Waals surface area contributed by atoms with E-state index in [0.717, 1.165) is 6.42 Å². The minimum atomic E-state index is -0.858. The van der Waals surface area contributed by atoms with Crippen molar-refractivity contribution >= 4 is 17.7 Å². The van der Waals surface area contributed by atoms with E-state index in [0.29, 0.717) is 24.4 Å². The summed E-state index contributed by atoms with van der Waals surface area (Å²) in [7, 11) is 0. The number of ketones is 1. The van der Waals surface area contributed by atoms with Crippen LogP contribution in [0.2, 0.25) is 0 Å². The van der Waals surface area contributed by atoms with Gasteiger partial charge in [0.2, 0.25) is 5.91 Å². The van der Waals surface area contributed by atoms with Gasteiger partial charge in [0.05, 0.1) is 5.92 Å². The average molecular weight is 331 g/mol. The number of carboxylic acid groups (broad SMARTS) is 1. The summed E-state index contributed by atoms with van der Waals surface area (Å²) in [6.07, 6.45) is 1.77. The molecule has 1 heterocycles. The highest BCUT2D eigenvalue weighted by molar-refractivity contribution is 5.98. The highest BCUT2D eigenvalue weighted by atomic mass is 16.4. The molecule has 1 amide bonds. The highest BCUT2D eigenvalue weighted by Gasteiger charge is 2.30. The second kappa shape index (κ2) is 8.08. The molecule has 1 aliphatic heterocycles. The summed E-state index contributed by atoms with van der Waals surface area (Å²) in [5.74, 6) is -0.947. The van der Waals surface area contributed by atoms with Crippen molar-refractivity contribution in [3.63, 3.8) is 0 Å². The van der Waals surface area contributed by atoms with E-state index in [-0.39, 0.29) is 31.1 Å². The summed E-state index contributed by atoms with van der Waals surface area (Å²) >= 11 is 0. The maximum absolute atomic E-state index is 12.2. The molecular weight excluding hydrogens is 306 g/mol. The second-order valence-electron chi connectivity index (χ2n) is 6.88. The number of carbonyl (C=O) groups is 3. The van der Waals surface area contributed by atoms with E-state index in [4.69, 9.17) is 5.11 Å². The van der Waals surface area contributed by atoms with Crippen LogP contribution in [0.4, 0.5) is 0 Å². The van der Waals surface area contributed by atoms with Crippen LogP contribution >= 0.6 is 0 Å². The maximum atomic E-state index is 12.2. The number of hydrogen-bond acceptors (Lipinski definition) is 3. The molecule has 1 N–H and O–H groups in total. The monoisotopic (exact) mass is 331 g/mol. The first kappa shape index (κ1) is 18.2. The van der Waals surface area contributed by atoms with Gasteiger partial charge in [0.1, 0.15) is 0 Å². The molecule has 1 aromatic carbocycles. The van der Waals surface area contributed by atoms with Gasteiger partial charge in [0, 0.05) is 31.5 Å². The highest BCUT2D eigenvalue weighted by Crippen LogP contribution is 2.18. The molecule has 0 bridgehead atoms. The number of Topliss-reactive ketones (excluding diaryl/α,β-unsaturated/α-hetero) is 1. The van der Waals surface area contributed by atoms with Crippen molar-refractivity contribution in [1.29, 1.82) is 0 Å². The molecule has 1 atom stereocenters. The third-order valence-corrected chi connectivity index (χ3v) is 4.38. The van der Waals surface area contributed by atoms with Gasteiger partial charge in [-0.05, 0) is 24.3 Å². The van der Waals surface area contributed by atoms with E-state index in [1.165, 1.54) is 5.56 Å². The maximum Gasteiger partial charge on any atom is 0.308 e. The molecule has 0 spiro atoms. The van der Waals surface area contributed by atoms with Crippen molar-refractivity contribution in [2.75, 3.05) is 13.1 Å². The van der Waals surface area contributed by atoms with Crippen LogP contribution in [0.5, 0.6) is 0 Å². The third-order valence-electron chi connectivity index (χ3n) is 4.38. The standard InChI is InChI=1S/C19H25NO4/c1-13(2)11-14-3-5-15(6-4-14)17(21)7-8-18(22)20-10-9-16(12-20)19(23)24/h3-6,13,16H,7-12H2,1-2H3,(H,23,24). The van der Waals surface area contributed by atoms with Crippen molar-refractivity contribution in [3.8, 4) is 0 Å². The van der Waals surface area contributed by atoms with Gasteiger partial charge in [-0.25, -0.2) is 0 Å². The number of aliphatic carboxylic acids is 1. The molecule has 0 saturated carbocycles. The lowest BCUT2D eigenvalue weighted by Gasteiger charge is -2.15. The van der Waals surface area contributed by atoms with Gasteiger partial charge in [-0.3, -0.25) is 14.4 Å². The number of rotatable bonds is 7. The first-order valence-corrected chi connectivity index (χ1v) is 8.49. The minimum absolute atomic E-state index is 0.0478. The fourth-order valence-corrected chi connectivity index (χ4v) is 3.01. The van der Waals surface area contributed by atoms with Crippen molar-refractivity contribution in [1.82, 2.24) is 4.90 Å². The Labute approximate surface area is 142 Å². The van der Waals surface area contributed by atoms with Gasteiger partial charge < -0.3 is 10.0 Å². The summed E-state index contributed by atoms with van der Waals surface area (Å²) in [6.45, 7) is 5.02. The van der Waals surface area contributed by atoms with E-state index in [2.05, 4.69) is 13.8 Å². The zero-order chi connectivity index (χ0) is 17.7. The van der Waals surface area contributed by atoms with E-state index >= 15 is 0 Å². The summed E-state index contributed by atoms with van der Waals surface area (Å²) < 4.78 is 0. The molecule has 5 nitrogen and oxygen atoms in total. The molecular formula is C19H25NO4. The molecule has 1 saturated heterocycles. The van der Waals surface area contributed by atoms with Crippen LogP contribution in [0.25, 0.3) is 0 Å². The van der Waals surface area contributed by atoms with Crippen LogP contribution in [0.1, 0.15) is 49.0 Å². The first-order chi connectivity index (χ1) is 11.4. The van der Waals surface area contributed by atoms with E-state index < -0.39 is 11.9 Å². The SMILES string of the molecule is CC(C)Cc1ccc(C(=O)CCC(=O)N2CCC(C(=O)O)C2)cc1. The van der Waals surface area contributed by atoms with Gasteiger partial charge >= 0.3 is 5.97 Å². The number of carboxylic acids is 1. The van der Waals surface area contributed by atoms with Crippen LogP contribution in [0.15, 0.2) is 24.3 Å². The van der Waals surface area contributed by atoms with E-state index in [1.54, 1.807) is 4.90 Å². The van der Waals surface area contributed by atoms with Crippen LogP contribution in [-0.2, 0) is 16.0 Å². The fourth-order valence-electron chi connectivity index (χ4n) is 3.01. The Morgan fingerprint density at radius 2 is 1.83 bits per heavy atom. The molecule has 5 heteroatoms. The Bertz CT molecular complexity index is 606. The van der Waals surface area contributed by atoms with Crippen molar-refractivity contribution < 1.29 is 19.5 Å². The topological polar surface area (TPSA) is 74.7 Å². The van der Waals surface area contributed by atoms with Crippen molar-refractivity contribution in [3.05, 3.63) is 35.4 Å². The minimum Gasteiger partial charge on any atom is -0.481 e.